The number of hydrogen-bond acceptors (Lipinski definition) is 5. The minimum atomic E-state index is 0.0174. The van der Waals surface area contributed by atoms with Crippen molar-refractivity contribution in [3.63, 3.8) is 0 Å². The average Bonchev–Trinajstić information content (AvgIpc) is 3.37. The van der Waals surface area contributed by atoms with Gasteiger partial charge in [0.1, 0.15) is 0 Å². The Morgan fingerprint density at radius 2 is 1.86 bits per heavy atom. The van der Waals surface area contributed by atoms with Crippen LogP contribution >= 0.6 is 11.3 Å². The molecule has 5 nitrogen and oxygen atoms in total. The number of oxazole rings is 1. The largest absolute Gasteiger partial charge is 0.441 e. The first-order valence-electron chi connectivity index (χ1n) is 9.39. The quantitative estimate of drug-likeness (QED) is 0.445. The number of fused-ring (bicyclic) bond motifs is 1. The molecular formula is C22H21N3O2S. The second kappa shape index (κ2) is 8.80. The molecule has 0 fully saturated rings. The van der Waals surface area contributed by atoms with Gasteiger partial charge in [-0.25, -0.2) is 9.97 Å². The summed E-state index contributed by atoms with van der Waals surface area (Å²) < 4.78 is 6.94. The fourth-order valence-electron chi connectivity index (χ4n) is 2.96. The molecule has 0 aliphatic rings. The lowest BCUT2D eigenvalue weighted by molar-refractivity contribution is -0.121. The van der Waals surface area contributed by atoms with Crippen LogP contribution in [0.2, 0.25) is 0 Å². The first kappa shape index (κ1) is 18.4. The minimum absolute atomic E-state index is 0.0174. The molecule has 2 aromatic carbocycles. The van der Waals surface area contributed by atoms with Crippen molar-refractivity contribution >= 4 is 27.5 Å². The van der Waals surface area contributed by atoms with E-state index in [2.05, 4.69) is 21.4 Å². The second-order valence-electron chi connectivity index (χ2n) is 6.51. The third-order valence-corrected chi connectivity index (χ3v) is 5.50. The topological polar surface area (TPSA) is 68.0 Å². The second-order valence-corrected chi connectivity index (χ2v) is 7.63. The molecule has 0 saturated heterocycles. The normalized spacial score (nSPS) is 11.0. The number of hydrogen-bond donors (Lipinski definition) is 1. The van der Waals surface area contributed by atoms with Crippen LogP contribution < -0.4 is 5.32 Å². The maximum absolute atomic E-state index is 12.1. The Hall–Kier alpha value is -2.99. The number of aryl methyl sites for hydroxylation is 2. The molecule has 0 atom stereocenters. The Morgan fingerprint density at radius 3 is 2.71 bits per heavy atom. The number of rotatable bonds is 8. The Labute approximate surface area is 167 Å². The van der Waals surface area contributed by atoms with Gasteiger partial charge in [0.2, 0.25) is 5.91 Å². The van der Waals surface area contributed by atoms with E-state index in [1.54, 1.807) is 17.5 Å². The van der Waals surface area contributed by atoms with Gasteiger partial charge in [0.15, 0.2) is 11.7 Å². The van der Waals surface area contributed by atoms with E-state index in [1.165, 1.54) is 4.70 Å². The molecule has 0 radical (unpaired) electrons. The summed E-state index contributed by atoms with van der Waals surface area (Å²) >= 11 is 1.72. The van der Waals surface area contributed by atoms with Gasteiger partial charge in [0.05, 0.1) is 21.4 Å². The van der Waals surface area contributed by atoms with Gasteiger partial charge in [-0.05, 0) is 18.6 Å². The average molecular weight is 391 g/mol. The fraction of sp³-hybridized carbons (Fsp3) is 0.227. The van der Waals surface area contributed by atoms with E-state index >= 15 is 0 Å². The molecule has 0 unspecified atom stereocenters. The molecule has 0 bridgehead atoms. The van der Waals surface area contributed by atoms with Gasteiger partial charge in [0.25, 0.3) is 0 Å². The number of nitrogens with one attached hydrogen (secondary N) is 1. The van der Waals surface area contributed by atoms with Crippen molar-refractivity contribution < 1.29 is 9.21 Å². The number of para-hydroxylation sites is 1. The van der Waals surface area contributed by atoms with Crippen molar-refractivity contribution in [2.45, 2.75) is 25.7 Å². The molecule has 28 heavy (non-hydrogen) atoms. The molecule has 4 aromatic rings. The fourth-order valence-corrected chi connectivity index (χ4v) is 3.97. The van der Waals surface area contributed by atoms with Crippen molar-refractivity contribution in [3.05, 3.63) is 71.7 Å². The predicted molar refractivity (Wildman–Crippen MR) is 111 cm³/mol. The van der Waals surface area contributed by atoms with Gasteiger partial charge in [-0.3, -0.25) is 4.79 Å². The van der Waals surface area contributed by atoms with Crippen LogP contribution in [-0.4, -0.2) is 22.4 Å². The summed E-state index contributed by atoms with van der Waals surface area (Å²) in [6.07, 6.45) is 4.33. The minimum Gasteiger partial charge on any atom is -0.441 e. The third-order valence-electron chi connectivity index (χ3n) is 4.41. The SMILES string of the molecule is O=C(CCc1ncc(-c2ccccc2)o1)NCCCc1nc2ccccc2s1. The molecule has 142 valence electrons. The maximum Gasteiger partial charge on any atom is 0.220 e. The van der Waals surface area contributed by atoms with Crippen LogP contribution in [0.15, 0.2) is 65.2 Å². The lowest BCUT2D eigenvalue weighted by atomic mass is 10.2. The lowest BCUT2D eigenvalue weighted by Crippen LogP contribution is -2.25. The zero-order valence-electron chi connectivity index (χ0n) is 15.4. The van der Waals surface area contributed by atoms with Crippen molar-refractivity contribution in [1.82, 2.24) is 15.3 Å². The Bertz CT molecular complexity index is 1020. The van der Waals surface area contributed by atoms with Crippen molar-refractivity contribution in [3.8, 4) is 11.3 Å². The van der Waals surface area contributed by atoms with Crippen molar-refractivity contribution in [2.24, 2.45) is 0 Å². The number of nitrogens with zero attached hydrogens (tertiary/aromatic N) is 2. The van der Waals surface area contributed by atoms with Gasteiger partial charge < -0.3 is 9.73 Å². The van der Waals surface area contributed by atoms with Crippen LogP contribution in [0.3, 0.4) is 0 Å². The molecular weight excluding hydrogens is 370 g/mol. The molecule has 4 rings (SSSR count). The number of thiazole rings is 1. The molecule has 1 N–H and O–H groups in total. The van der Waals surface area contributed by atoms with Crippen LogP contribution in [0, 0.1) is 0 Å². The lowest BCUT2D eigenvalue weighted by Gasteiger charge is -2.03. The van der Waals surface area contributed by atoms with Crippen molar-refractivity contribution in [1.29, 1.82) is 0 Å². The van der Waals surface area contributed by atoms with Gasteiger partial charge >= 0.3 is 0 Å². The summed E-state index contributed by atoms with van der Waals surface area (Å²) in [5.41, 5.74) is 2.04. The molecule has 6 heteroatoms. The number of carbonyl (C=O) groups excluding carboxylic acids is 1. The van der Waals surface area contributed by atoms with Gasteiger partial charge in [-0.15, -0.1) is 11.3 Å². The third kappa shape index (κ3) is 4.64. The van der Waals surface area contributed by atoms with Crippen LogP contribution in [0.5, 0.6) is 0 Å². The van der Waals surface area contributed by atoms with E-state index in [0.717, 1.165) is 34.7 Å². The number of carbonyl (C=O) groups is 1. The number of amides is 1. The summed E-state index contributed by atoms with van der Waals surface area (Å²) in [5, 5.41) is 4.08. The Morgan fingerprint density at radius 1 is 1.04 bits per heavy atom. The van der Waals surface area contributed by atoms with Gasteiger partial charge in [-0.1, -0.05) is 42.5 Å². The van der Waals surface area contributed by atoms with Crippen LogP contribution in [-0.2, 0) is 17.6 Å². The van der Waals surface area contributed by atoms with E-state index in [-0.39, 0.29) is 5.91 Å². The summed E-state index contributed by atoms with van der Waals surface area (Å²) in [5.74, 6) is 1.33. The standard InChI is InChI=1S/C22H21N3O2S/c26-20(12-13-21-24-15-18(27-21)16-7-2-1-3-8-16)23-14-6-11-22-25-17-9-4-5-10-19(17)28-22/h1-5,7-10,15H,6,11-14H2,(H,23,26). The highest BCUT2D eigenvalue weighted by atomic mass is 32.1. The number of benzene rings is 2. The summed E-state index contributed by atoms with van der Waals surface area (Å²) in [6, 6.07) is 18.0. The predicted octanol–water partition coefficient (Wildman–Crippen LogP) is 4.63. The molecule has 2 aromatic heterocycles. The molecule has 0 spiro atoms. The molecule has 0 saturated carbocycles. The highest BCUT2D eigenvalue weighted by Crippen LogP contribution is 2.22. The van der Waals surface area contributed by atoms with Gasteiger partial charge in [0, 0.05) is 31.4 Å². The van der Waals surface area contributed by atoms with Crippen LogP contribution in [0.1, 0.15) is 23.7 Å². The highest BCUT2D eigenvalue weighted by Gasteiger charge is 2.09. The van der Waals surface area contributed by atoms with Crippen molar-refractivity contribution in [2.75, 3.05) is 6.54 Å². The Kier molecular flexibility index (Phi) is 5.77. The van der Waals surface area contributed by atoms with E-state index in [9.17, 15) is 4.79 Å². The van der Waals surface area contributed by atoms with E-state index in [4.69, 9.17) is 4.42 Å². The van der Waals surface area contributed by atoms with E-state index in [1.807, 2.05) is 48.5 Å². The Balaban J connectivity index is 1.18. The molecule has 0 aliphatic heterocycles. The highest BCUT2D eigenvalue weighted by molar-refractivity contribution is 7.18. The molecule has 2 heterocycles. The van der Waals surface area contributed by atoms with Crippen LogP contribution in [0.25, 0.3) is 21.5 Å². The molecule has 0 aliphatic carbocycles. The smallest absolute Gasteiger partial charge is 0.220 e. The zero-order valence-corrected chi connectivity index (χ0v) is 16.2. The number of aromatic nitrogens is 2. The first-order chi connectivity index (χ1) is 13.8. The summed E-state index contributed by atoms with van der Waals surface area (Å²) in [4.78, 5) is 20.9. The van der Waals surface area contributed by atoms with E-state index < -0.39 is 0 Å². The van der Waals surface area contributed by atoms with E-state index in [0.29, 0.717) is 25.3 Å². The summed E-state index contributed by atoms with van der Waals surface area (Å²) in [6.45, 7) is 0.648. The zero-order chi connectivity index (χ0) is 19.2. The summed E-state index contributed by atoms with van der Waals surface area (Å²) in [7, 11) is 0. The van der Waals surface area contributed by atoms with Gasteiger partial charge in [-0.2, -0.15) is 0 Å². The maximum atomic E-state index is 12.1. The first-order valence-corrected chi connectivity index (χ1v) is 10.2. The monoisotopic (exact) mass is 391 g/mol. The molecule has 1 amide bonds. The van der Waals surface area contributed by atoms with Crippen LogP contribution in [0.4, 0.5) is 0 Å².